The fourth-order valence-corrected chi connectivity index (χ4v) is 4.44. The van der Waals surface area contributed by atoms with Crippen LogP contribution in [0.5, 0.6) is 0 Å². The van der Waals surface area contributed by atoms with Crippen LogP contribution in [0.25, 0.3) is 0 Å². The third-order valence-electron chi connectivity index (χ3n) is 4.20. The van der Waals surface area contributed by atoms with Gasteiger partial charge in [-0.25, -0.2) is 8.42 Å². The van der Waals surface area contributed by atoms with Gasteiger partial charge in [-0.05, 0) is 30.5 Å². The van der Waals surface area contributed by atoms with E-state index in [1.54, 1.807) is 31.4 Å². The Hall–Kier alpha value is -1.60. The molecule has 1 amide bonds. The van der Waals surface area contributed by atoms with E-state index in [0.29, 0.717) is 18.8 Å². The fourth-order valence-electron chi connectivity index (χ4n) is 2.85. The standard InChI is InChI=1S/C17H26N2O4S/c1-23-12-11-18-17(20)13-14-7-9-15(10-8-14)19-24(21,22)16-5-3-2-4-6-16/h7-10,16,19H,2-6,11-13H2,1H3,(H,18,20). The molecule has 0 saturated heterocycles. The smallest absolute Gasteiger partial charge is 0.235 e. The SMILES string of the molecule is COCCNC(=O)Cc1ccc(NS(=O)(=O)C2CCCCC2)cc1. The summed E-state index contributed by atoms with van der Waals surface area (Å²) in [5.74, 6) is -0.0809. The Morgan fingerprint density at radius 3 is 2.46 bits per heavy atom. The zero-order chi connectivity index (χ0) is 17.4. The molecule has 0 heterocycles. The Balaban J connectivity index is 1.88. The molecule has 134 valence electrons. The van der Waals surface area contributed by atoms with Crippen LogP contribution in [0, 0.1) is 0 Å². The van der Waals surface area contributed by atoms with Gasteiger partial charge in [-0.1, -0.05) is 31.4 Å². The summed E-state index contributed by atoms with van der Waals surface area (Å²) in [5.41, 5.74) is 1.38. The second-order valence-corrected chi connectivity index (χ2v) is 8.08. The summed E-state index contributed by atoms with van der Waals surface area (Å²) in [6.07, 6.45) is 4.79. The number of carbonyl (C=O) groups is 1. The third kappa shape index (κ3) is 5.79. The lowest BCUT2D eigenvalue weighted by Gasteiger charge is -2.22. The van der Waals surface area contributed by atoms with Crippen molar-refractivity contribution in [2.45, 2.75) is 43.8 Å². The lowest BCUT2D eigenvalue weighted by molar-refractivity contribution is -0.120. The monoisotopic (exact) mass is 354 g/mol. The number of hydrogen-bond donors (Lipinski definition) is 2. The van der Waals surface area contributed by atoms with Gasteiger partial charge in [0.15, 0.2) is 0 Å². The molecule has 1 fully saturated rings. The lowest BCUT2D eigenvalue weighted by Crippen LogP contribution is -2.29. The predicted octanol–water partition coefficient (Wildman–Crippen LogP) is 2.07. The van der Waals surface area contributed by atoms with Gasteiger partial charge in [0.2, 0.25) is 15.9 Å². The maximum absolute atomic E-state index is 12.4. The van der Waals surface area contributed by atoms with Crippen LogP contribution in [0.1, 0.15) is 37.7 Å². The summed E-state index contributed by atoms with van der Waals surface area (Å²) in [4.78, 5) is 11.7. The molecule has 0 atom stereocenters. The first-order valence-corrected chi connectivity index (χ1v) is 9.92. The molecule has 1 aromatic carbocycles. The summed E-state index contributed by atoms with van der Waals surface area (Å²) in [6, 6.07) is 6.96. The minimum absolute atomic E-state index is 0.0809. The Bertz CT molecular complexity index is 622. The van der Waals surface area contributed by atoms with Crippen molar-refractivity contribution in [3.8, 4) is 0 Å². The molecule has 0 spiro atoms. The summed E-state index contributed by atoms with van der Waals surface area (Å²) in [7, 11) is -1.75. The van der Waals surface area contributed by atoms with Gasteiger partial charge in [-0.15, -0.1) is 0 Å². The second kappa shape index (κ2) is 9.03. The van der Waals surface area contributed by atoms with Crippen LogP contribution < -0.4 is 10.0 Å². The molecule has 0 bridgehead atoms. The molecule has 7 heteroatoms. The average Bonchev–Trinajstić information content (AvgIpc) is 2.57. The van der Waals surface area contributed by atoms with Gasteiger partial charge >= 0.3 is 0 Å². The van der Waals surface area contributed by atoms with Crippen LogP contribution in [-0.2, 0) is 26.0 Å². The van der Waals surface area contributed by atoms with Crippen molar-refractivity contribution in [1.82, 2.24) is 5.32 Å². The number of ether oxygens (including phenoxy) is 1. The summed E-state index contributed by atoms with van der Waals surface area (Å²) < 4.78 is 32.3. The quantitative estimate of drug-likeness (QED) is 0.700. The van der Waals surface area contributed by atoms with Crippen molar-refractivity contribution in [3.63, 3.8) is 0 Å². The van der Waals surface area contributed by atoms with Crippen LogP contribution in [-0.4, -0.2) is 39.8 Å². The number of methoxy groups -OCH3 is 1. The molecule has 2 N–H and O–H groups in total. The highest BCUT2D eigenvalue weighted by atomic mass is 32.2. The molecule has 0 unspecified atom stereocenters. The average molecular weight is 354 g/mol. The molecule has 0 aliphatic heterocycles. The Morgan fingerprint density at radius 1 is 1.17 bits per heavy atom. The maximum atomic E-state index is 12.4. The van der Waals surface area contributed by atoms with E-state index >= 15 is 0 Å². The van der Waals surface area contributed by atoms with Crippen LogP contribution in [0.4, 0.5) is 5.69 Å². The zero-order valence-corrected chi connectivity index (χ0v) is 14.9. The number of hydrogen-bond acceptors (Lipinski definition) is 4. The third-order valence-corrected chi connectivity index (χ3v) is 6.07. The van der Waals surface area contributed by atoms with Crippen molar-refractivity contribution < 1.29 is 17.9 Å². The highest BCUT2D eigenvalue weighted by Crippen LogP contribution is 2.25. The van der Waals surface area contributed by atoms with Crippen molar-refractivity contribution in [1.29, 1.82) is 0 Å². The number of rotatable bonds is 8. The second-order valence-electron chi connectivity index (χ2n) is 6.12. The van der Waals surface area contributed by atoms with Crippen molar-refractivity contribution in [2.24, 2.45) is 0 Å². The molecule has 1 aromatic rings. The predicted molar refractivity (Wildman–Crippen MR) is 94.4 cm³/mol. The number of nitrogens with one attached hydrogen (secondary N) is 2. The number of amides is 1. The van der Waals surface area contributed by atoms with Gasteiger partial charge in [-0.3, -0.25) is 9.52 Å². The van der Waals surface area contributed by atoms with Gasteiger partial charge in [0.1, 0.15) is 0 Å². The number of benzene rings is 1. The Kier molecular flexibility index (Phi) is 7.05. The molecular formula is C17H26N2O4S. The summed E-state index contributed by atoms with van der Waals surface area (Å²) in [6.45, 7) is 0.961. The topological polar surface area (TPSA) is 84.5 Å². The van der Waals surface area contributed by atoms with Crippen molar-refractivity contribution in [2.75, 3.05) is 25.0 Å². The van der Waals surface area contributed by atoms with Gasteiger partial charge in [0.05, 0.1) is 18.3 Å². The maximum Gasteiger partial charge on any atom is 0.235 e. The first-order chi connectivity index (χ1) is 11.5. The van der Waals surface area contributed by atoms with Crippen LogP contribution in [0.15, 0.2) is 24.3 Å². The Labute approximate surface area is 144 Å². The van der Waals surface area contributed by atoms with Crippen LogP contribution in [0.2, 0.25) is 0 Å². The minimum Gasteiger partial charge on any atom is -0.383 e. The summed E-state index contributed by atoms with van der Waals surface area (Å²) in [5, 5.41) is 2.46. The largest absolute Gasteiger partial charge is 0.383 e. The van der Waals surface area contributed by atoms with E-state index in [-0.39, 0.29) is 17.6 Å². The van der Waals surface area contributed by atoms with E-state index in [9.17, 15) is 13.2 Å². The molecule has 1 saturated carbocycles. The van der Waals surface area contributed by atoms with Crippen LogP contribution in [0.3, 0.4) is 0 Å². The zero-order valence-electron chi connectivity index (χ0n) is 14.1. The summed E-state index contributed by atoms with van der Waals surface area (Å²) >= 11 is 0. The highest BCUT2D eigenvalue weighted by molar-refractivity contribution is 7.93. The van der Waals surface area contributed by atoms with E-state index < -0.39 is 10.0 Å². The Morgan fingerprint density at radius 2 is 1.83 bits per heavy atom. The van der Waals surface area contributed by atoms with E-state index in [0.717, 1.165) is 37.7 Å². The number of carbonyl (C=O) groups excluding carboxylic acids is 1. The van der Waals surface area contributed by atoms with Gasteiger partial charge in [-0.2, -0.15) is 0 Å². The van der Waals surface area contributed by atoms with E-state index in [2.05, 4.69) is 10.0 Å². The van der Waals surface area contributed by atoms with Gasteiger partial charge in [0.25, 0.3) is 0 Å². The molecule has 24 heavy (non-hydrogen) atoms. The first kappa shape index (κ1) is 18.7. The van der Waals surface area contributed by atoms with Gasteiger partial charge in [0, 0.05) is 19.3 Å². The van der Waals surface area contributed by atoms with Gasteiger partial charge < -0.3 is 10.1 Å². The van der Waals surface area contributed by atoms with Crippen molar-refractivity contribution >= 4 is 21.6 Å². The number of anilines is 1. The van der Waals surface area contributed by atoms with E-state index in [4.69, 9.17) is 4.74 Å². The molecule has 6 nitrogen and oxygen atoms in total. The van der Waals surface area contributed by atoms with E-state index in [1.807, 2.05) is 0 Å². The molecule has 1 aliphatic rings. The molecule has 2 rings (SSSR count). The first-order valence-electron chi connectivity index (χ1n) is 8.37. The lowest BCUT2D eigenvalue weighted by atomic mass is 10.0. The van der Waals surface area contributed by atoms with Crippen LogP contribution >= 0.6 is 0 Å². The molecular weight excluding hydrogens is 328 g/mol. The number of sulfonamides is 1. The van der Waals surface area contributed by atoms with Crippen molar-refractivity contribution in [3.05, 3.63) is 29.8 Å². The molecule has 1 aliphatic carbocycles. The van der Waals surface area contributed by atoms with E-state index in [1.165, 1.54) is 0 Å². The highest BCUT2D eigenvalue weighted by Gasteiger charge is 2.27. The molecule has 0 radical (unpaired) electrons. The fraction of sp³-hybridized carbons (Fsp3) is 0.588. The minimum atomic E-state index is -3.33. The molecule has 0 aromatic heterocycles. The normalized spacial score (nSPS) is 15.9.